The minimum atomic E-state index is -0.212. The van der Waals surface area contributed by atoms with E-state index in [0.717, 1.165) is 5.52 Å². The number of hydrogen-bond acceptors (Lipinski definition) is 1. The highest BCUT2D eigenvalue weighted by Crippen LogP contribution is 2.27. The van der Waals surface area contributed by atoms with Crippen molar-refractivity contribution in [2.24, 2.45) is 7.05 Å². The molecule has 0 amide bonds. The van der Waals surface area contributed by atoms with Crippen LogP contribution < -0.4 is 4.74 Å². The molecule has 0 radical (unpaired) electrons. The van der Waals surface area contributed by atoms with Crippen LogP contribution in [0, 0.1) is 5.82 Å². The Labute approximate surface area is 75.5 Å². The van der Waals surface area contributed by atoms with Gasteiger partial charge in [-0.05, 0) is 12.1 Å². The predicted octanol–water partition coefficient (Wildman–Crippen LogP) is 2.33. The van der Waals surface area contributed by atoms with E-state index in [9.17, 15) is 4.39 Å². The quantitative estimate of drug-likeness (QED) is 0.655. The van der Waals surface area contributed by atoms with Crippen LogP contribution in [0.4, 0.5) is 4.39 Å². The molecule has 2 aromatic rings. The zero-order valence-electron chi connectivity index (χ0n) is 7.54. The minimum Gasteiger partial charge on any atom is -0.495 e. The lowest BCUT2D eigenvalue weighted by Gasteiger charge is -2.03. The Morgan fingerprint density at radius 2 is 2.15 bits per heavy atom. The van der Waals surface area contributed by atoms with Crippen molar-refractivity contribution < 1.29 is 9.13 Å². The summed E-state index contributed by atoms with van der Waals surface area (Å²) in [5.41, 5.74) is 0.794. The van der Waals surface area contributed by atoms with Crippen molar-refractivity contribution in [2.45, 2.75) is 0 Å². The highest BCUT2D eigenvalue weighted by molar-refractivity contribution is 5.86. The van der Waals surface area contributed by atoms with Gasteiger partial charge in [-0.1, -0.05) is 6.07 Å². The number of ether oxygens (including phenoxy) is 1. The van der Waals surface area contributed by atoms with Crippen LogP contribution >= 0.6 is 0 Å². The van der Waals surface area contributed by atoms with Gasteiger partial charge < -0.3 is 9.30 Å². The number of halogens is 1. The standard InChI is InChI=1S/C10H10FNO/c1-12-6-8(11)7-4-3-5-9(13-2)10(7)12/h3-6H,1-2H3. The number of hydrogen-bond donors (Lipinski definition) is 0. The van der Waals surface area contributed by atoms with Gasteiger partial charge in [0.05, 0.1) is 12.6 Å². The molecule has 0 saturated heterocycles. The molecule has 3 heteroatoms. The molecule has 0 atom stereocenters. The molecule has 1 aromatic carbocycles. The van der Waals surface area contributed by atoms with Gasteiger partial charge in [0.15, 0.2) is 0 Å². The van der Waals surface area contributed by atoms with Gasteiger partial charge in [0.25, 0.3) is 0 Å². The van der Waals surface area contributed by atoms with Crippen LogP contribution in [-0.4, -0.2) is 11.7 Å². The van der Waals surface area contributed by atoms with Crippen molar-refractivity contribution in [2.75, 3.05) is 7.11 Å². The normalized spacial score (nSPS) is 10.7. The van der Waals surface area contributed by atoms with Crippen molar-refractivity contribution >= 4 is 10.9 Å². The average molecular weight is 179 g/mol. The summed E-state index contributed by atoms with van der Waals surface area (Å²) in [4.78, 5) is 0. The van der Waals surface area contributed by atoms with Crippen LogP contribution in [0.3, 0.4) is 0 Å². The third-order valence-corrected chi connectivity index (χ3v) is 2.14. The first kappa shape index (κ1) is 8.10. The molecule has 0 fully saturated rings. The maximum atomic E-state index is 13.2. The molecule has 2 rings (SSSR count). The Bertz CT molecular complexity index is 447. The van der Waals surface area contributed by atoms with E-state index in [0.29, 0.717) is 11.1 Å². The predicted molar refractivity (Wildman–Crippen MR) is 49.4 cm³/mol. The Balaban J connectivity index is 2.88. The second-order valence-corrected chi connectivity index (χ2v) is 2.94. The van der Waals surface area contributed by atoms with E-state index in [1.165, 1.54) is 6.20 Å². The lowest BCUT2D eigenvalue weighted by Crippen LogP contribution is -1.89. The van der Waals surface area contributed by atoms with Crippen LogP contribution in [0.15, 0.2) is 24.4 Å². The topological polar surface area (TPSA) is 14.2 Å². The Morgan fingerprint density at radius 3 is 2.85 bits per heavy atom. The van der Waals surface area contributed by atoms with Crippen molar-refractivity contribution in [1.82, 2.24) is 4.57 Å². The number of aromatic nitrogens is 1. The smallest absolute Gasteiger partial charge is 0.148 e. The second kappa shape index (κ2) is 2.76. The van der Waals surface area contributed by atoms with Crippen LogP contribution in [0.2, 0.25) is 0 Å². The summed E-state index contributed by atoms with van der Waals surface area (Å²) < 4.78 is 20.1. The molecule has 0 spiro atoms. The maximum Gasteiger partial charge on any atom is 0.148 e. The number of nitrogens with zero attached hydrogens (tertiary/aromatic N) is 1. The first-order chi connectivity index (χ1) is 6.24. The molecule has 0 aliphatic rings. The Hall–Kier alpha value is -1.51. The van der Waals surface area contributed by atoms with Crippen molar-refractivity contribution in [1.29, 1.82) is 0 Å². The molecule has 68 valence electrons. The van der Waals surface area contributed by atoms with E-state index in [1.807, 2.05) is 6.07 Å². The fourth-order valence-electron chi connectivity index (χ4n) is 1.55. The highest BCUT2D eigenvalue weighted by Gasteiger charge is 2.09. The molecule has 1 heterocycles. The molecule has 0 unspecified atom stereocenters. The number of para-hydroxylation sites is 1. The molecule has 0 bridgehead atoms. The van der Waals surface area contributed by atoms with E-state index in [4.69, 9.17) is 4.74 Å². The number of benzene rings is 1. The van der Waals surface area contributed by atoms with Crippen molar-refractivity contribution in [3.05, 3.63) is 30.2 Å². The molecular formula is C10H10FNO. The minimum absolute atomic E-state index is 0.212. The third kappa shape index (κ3) is 1.08. The zero-order chi connectivity index (χ0) is 9.42. The summed E-state index contributed by atoms with van der Waals surface area (Å²) in [5.74, 6) is 0.486. The molecule has 1 aromatic heterocycles. The molecular weight excluding hydrogens is 169 g/mol. The fraction of sp³-hybridized carbons (Fsp3) is 0.200. The largest absolute Gasteiger partial charge is 0.495 e. The summed E-state index contributed by atoms with van der Waals surface area (Å²) in [6.45, 7) is 0. The first-order valence-corrected chi connectivity index (χ1v) is 4.01. The van der Waals surface area contributed by atoms with Gasteiger partial charge in [0, 0.05) is 18.6 Å². The summed E-state index contributed by atoms with van der Waals surface area (Å²) in [6.07, 6.45) is 1.45. The van der Waals surface area contributed by atoms with Gasteiger partial charge in [-0.3, -0.25) is 0 Å². The van der Waals surface area contributed by atoms with E-state index in [2.05, 4.69) is 0 Å². The number of methoxy groups -OCH3 is 1. The summed E-state index contributed by atoms with van der Waals surface area (Å²) in [6, 6.07) is 5.35. The Morgan fingerprint density at radius 1 is 1.38 bits per heavy atom. The molecule has 0 N–H and O–H groups in total. The number of rotatable bonds is 1. The van der Waals surface area contributed by atoms with E-state index >= 15 is 0 Å². The van der Waals surface area contributed by atoms with Crippen LogP contribution in [-0.2, 0) is 7.05 Å². The van der Waals surface area contributed by atoms with Gasteiger partial charge >= 0.3 is 0 Å². The highest BCUT2D eigenvalue weighted by atomic mass is 19.1. The van der Waals surface area contributed by atoms with Crippen LogP contribution in [0.25, 0.3) is 10.9 Å². The number of aryl methyl sites for hydroxylation is 1. The molecule has 0 aliphatic heterocycles. The maximum absolute atomic E-state index is 13.2. The first-order valence-electron chi connectivity index (χ1n) is 4.01. The Kier molecular flexibility index (Phi) is 1.72. The molecule has 2 nitrogen and oxygen atoms in total. The van der Waals surface area contributed by atoms with Crippen LogP contribution in [0.1, 0.15) is 0 Å². The zero-order valence-corrected chi connectivity index (χ0v) is 7.54. The SMILES string of the molecule is COc1cccc2c(F)cn(C)c12. The molecule has 0 aliphatic carbocycles. The van der Waals surface area contributed by atoms with Gasteiger partial charge in [-0.2, -0.15) is 0 Å². The second-order valence-electron chi connectivity index (χ2n) is 2.94. The number of fused-ring (bicyclic) bond motifs is 1. The van der Waals surface area contributed by atoms with Crippen molar-refractivity contribution in [3.8, 4) is 5.75 Å². The lowest BCUT2D eigenvalue weighted by molar-refractivity contribution is 0.418. The summed E-state index contributed by atoms with van der Waals surface area (Å²) in [5, 5.41) is 0.599. The van der Waals surface area contributed by atoms with Crippen LogP contribution in [0.5, 0.6) is 5.75 Å². The average Bonchev–Trinajstić information content (AvgIpc) is 2.43. The van der Waals surface area contributed by atoms with Gasteiger partial charge in [-0.15, -0.1) is 0 Å². The lowest BCUT2D eigenvalue weighted by atomic mass is 10.2. The van der Waals surface area contributed by atoms with Gasteiger partial charge in [-0.25, -0.2) is 4.39 Å². The van der Waals surface area contributed by atoms with E-state index in [-0.39, 0.29) is 5.82 Å². The van der Waals surface area contributed by atoms with E-state index < -0.39 is 0 Å². The van der Waals surface area contributed by atoms with Gasteiger partial charge in [0.1, 0.15) is 11.6 Å². The third-order valence-electron chi connectivity index (χ3n) is 2.14. The summed E-state index contributed by atoms with van der Waals surface area (Å²) in [7, 11) is 3.38. The van der Waals surface area contributed by atoms with Gasteiger partial charge in [0.2, 0.25) is 0 Å². The monoisotopic (exact) mass is 179 g/mol. The van der Waals surface area contributed by atoms with Crippen molar-refractivity contribution in [3.63, 3.8) is 0 Å². The summed E-state index contributed by atoms with van der Waals surface area (Å²) >= 11 is 0. The van der Waals surface area contributed by atoms with E-state index in [1.54, 1.807) is 30.9 Å². The molecule has 13 heavy (non-hydrogen) atoms. The fourth-order valence-corrected chi connectivity index (χ4v) is 1.55. The molecule has 0 saturated carbocycles.